The first-order chi connectivity index (χ1) is 7.66. The lowest BCUT2D eigenvalue weighted by Crippen LogP contribution is -2.37. The van der Waals surface area contributed by atoms with Crippen LogP contribution < -0.4 is 5.73 Å². The number of hydrogen-bond acceptors (Lipinski definition) is 4. The Bertz CT molecular complexity index is 342. The van der Waals surface area contributed by atoms with Crippen LogP contribution >= 0.6 is 0 Å². The van der Waals surface area contributed by atoms with Gasteiger partial charge in [-0.05, 0) is 31.7 Å². The molecule has 0 fully saturated rings. The average molecular weight is 218 g/mol. The average Bonchev–Trinajstić information content (AvgIpc) is 2.27. The Morgan fingerprint density at radius 2 is 2.12 bits per heavy atom. The van der Waals surface area contributed by atoms with Gasteiger partial charge in [-0.3, -0.25) is 9.88 Å². The zero-order valence-corrected chi connectivity index (χ0v) is 9.80. The topological polar surface area (TPSA) is 65.9 Å². The molecule has 4 heteroatoms. The van der Waals surface area contributed by atoms with Crippen molar-refractivity contribution in [3.63, 3.8) is 0 Å². The van der Waals surface area contributed by atoms with Crippen molar-refractivity contribution in [2.75, 3.05) is 13.6 Å². The summed E-state index contributed by atoms with van der Waals surface area (Å²) in [6, 6.07) is 6.24. The Hall–Kier alpha value is -1.44. The summed E-state index contributed by atoms with van der Waals surface area (Å²) in [5.74, 6) is 0. The zero-order chi connectivity index (χ0) is 12.0. The summed E-state index contributed by atoms with van der Waals surface area (Å²) in [6.45, 7) is 2.71. The zero-order valence-electron chi connectivity index (χ0n) is 9.80. The lowest BCUT2D eigenvalue weighted by atomic mass is 10.0. The first kappa shape index (κ1) is 12.6. The summed E-state index contributed by atoms with van der Waals surface area (Å²) >= 11 is 0. The van der Waals surface area contributed by atoms with Crippen LogP contribution in [0.15, 0.2) is 24.5 Å². The highest BCUT2D eigenvalue weighted by atomic mass is 15.1. The van der Waals surface area contributed by atoms with E-state index in [1.165, 1.54) is 0 Å². The van der Waals surface area contributed by atoms with E-state index in [0.717, 1.165) is 12.1 Å². The minimum Gasteiger partial charge on any atom is -0.326 e. The number of nitrogens with zero attached hydrogens (tertiary/aromatic N) is 3. The van der Waals surface area contributed by atoms with Gasteiger partial charge in [-0.15, -0.1) is 0 Å². The van der Waals surface area contributed by atoms with Gasteiger partial charge >= 0.3 is 0 Å². The van der Waals surface area contributed by atoms with Crippen LogP contribution in [0.2, 0.25) is 0 Å². The number of hydrogen-bond donors (Lipinski definition) is 1. The molecule has 86 valence electrons. The largest absolute Gasteiger partial charge is 0.326 e. The molecule has 0 bridgehead atoms. The van der Waals surface area contributed by atoms with Gasteiger partial charge in [-0.2, -0.15) is 5.26 Å². The third-order valence-corrected chi connectivity index (χ3v) is 2.60. The fourth-order valence-electron chi connectivity index (χ4n) is 1.89. The highest BCUT2D eigenvalue weighted by Crippen LogP contribution is 2.21. The third kappa shape index (κ3) is 3.30. The first-order valence-corrected chi connectivity index (χ1v) is 5.39. The van der Waals surface area contributed by atoms with E-state index in [-0.39, 0.29) is 12.1 Å². The molecule has 1 aromatic heterocycles. The quantitative estimate of drug-likeness (QED) is 0.809. The molecule has 0 saturated heterocycles. The minimum absolute atomic E-state index is 0.0195. The first-order valence-electron chi connectivity index (χ1n) is 5.39. The number of nitrogens with two attached hydrogens (primary N) is 1. The maximum atomic E-state index is 8.59. The van der Waals surface area contributed by atoms with Crippen molar-refractivity contribution < 1.29 is 0 Å². The lowest BCUT2D eigenvalue weighted by Gasteiger charge is -2.30. The Labute approximate surface area is 96.7 Å². The van der Waals surface area contributed by atoms with Gasteiger partial charge in [0, 0.05) is 37.4 Å². The van der Waals surface area contributed by atoms with Crippen molar-refractivity contribution in [3.8, 4) is 6.07 Å². The smallest absolute Gasteiger partial charge is 0.0635 e. The van der Waals surface area contributed by atoms with E-state index in [0.29, 0.717) is 6.42 Å². The number of pyridine rings is 1. The van der Waals surface area contributed by atoms with Gasteiger partial charge in [-0.25, -0.2) is 0 Å². The van der Waals surface area contributed by atoms with Crippen molar-refractivity contribution in [1.82, 2.24) is 9.88 Å². The molecule has 1 rings (SSSR count). The van der Waals surface area contributed by atoms with E-state index < -0.39 is 0 Å². The molecule has 0 aliphatic heterocycles. The summed E-state index contributed by atoms with van der Waals surface area (Å²) in [5, 5.41) is 8.59. The van der Waals surface area contributed by atoms with Gasteiger partial charge in [0.25, 0.3) is 0 Å². The van der Waals surface area contributed by atoms with Crippen LogP contribution in [0.25, 0.3) is 0 Å². The van der Waals surface area contributed by atoms with Crippen LogP contribution in [0.3, 0.4) is 0 Å². The molecular formula is C12H18N4. The van der Waals surface area contributed by atoms with Crippen molar-refractivity contribution >= 4 is 0 Å². The fraction of sp³-hybridized carbons (Fsp3) is 0.500. The summed E-state index contributed by atoms with van der Waals surface area (Å²) in [5.41, 5.74) is 7.14. The molecule has 0 radical (unpaired) electrons. The van der Waals surface area contributed by atoms with Crippen LogP contribution in [0, 0.1) is 11.3 Å². The standard InChI is InChI=1S/C12H18N4/c1-10(14)12(16(2)9-3-6-13)11-4-7-15-8-5-11/h4-5,7-8,10,12H,3,9,14H2,1-2H3. The Balaban J connectivity index is 2.80. The maximum Gasteiger partial charge on any atom is 0.0635 e. The monoisotopic (exact) mass is 218 g/mol. The summed E-state index contributed by atoms with van der Waals surface area (Å²) < 4.78 is 0. The molecule has 0 aliphatic rings. The summed E-state index contributed by atoms with van der Waals surface area (Å²) in [7, 11) is 1.99. The maximum absolute atomic E-state index is 8.59. The van der Waals surface area contributed by atoms with Gasteiger partial charge in [0.05, 0.1) is 6.07 Å². The molecule has 0 aromatic carbocycles. The van der Waals surface area contributed by atoms with Crippen molar-refractivity contribution in [3.05, 3.63) is 30.1 Å². The molecule has 4 nitrogen and oxygen atoms in total. The number of rotatable bonds is 5. The highest BCUT2D eigenvalue weighted by Gasteiger charge is 2.20. The van der Waals surface area contributed by atoms with Crippen LogP contribution in [0.4, 0.5) is 0 Å². The van der Waals surface area contributed by atoms with Crippen LogP contribution in [-0.4, -0.2) is 29.5 Å². The van der Waals surface area contributed by atoms with Crippen molar-refractivity contribution in [2.24, 2.45) is 5.73 Å². The molecule has 1 aromatic rings. The molecule has 0 saturated carbocycles. The van der Waals surface area contributed by atoms with Gasteiger partial charge in [0.15, 0.2) is 0 Å². The van der Waals surface area contributed by atoms with E-state index >= 15 is 0 Å². The lowest BCUT2D eigenvalue weighted by molar-refractivity contribution is 0.223. The normalized spacial score (nSPS) is 14.4. The van der Waals surface area contributed by atoms with Crippen LogP contribution in [0.5, 0.6) is 0 Å². The molecule has 16 heavy (non-hydrogen) atoms. The second-order valence-corrected chi connectivity index (χ2v) is 3.97. The summed E-state index contributed by atoms with van der Waals surface area (Å²) in [6.07, 6.45) is 4.05. The number of aromatic nitrogens is 1. The predicted molar refractivity (Wildman–Crippen MR) is 63.5 cm³/mol. The van der Waals surface area contributed by atoms with E-state index in [9.17, 15) is 0 Å². The fourth-order valence-corrected chi connectivity index (χ4v) is 1.89. The van der Waals surface area contributed by atoms with E-state index in [4.69, 9.17) is 11.0 Å². The van der Waals surface area contributed by atoms with Gasteiger partial charge in [0.1, 0.15) is 0 Å². The van der Waals surface area contributed by atoms with E-state index in [1.54, 1.807) is 12.4 Å². The summed E-state index contributed by atoms with van der Waals surface area (Å²) in [4.78, 5) is 6.11. The Morgan fingerprint density at radius 3 is 2.62 bits per heavy atom. The third-order valence-electron chi connectivity index (χ3n) is 2.60. The predicted octanol–water partition coefficient (Wildman–Crippen LogP) is 1.32. The van der Waals surface area contributed by atoms with Crippen LogP contribution in [0.1, 0.15) is 24.9 Å². The number of likely N-dealkylation sites (N-methyl/N-ethyl adjacent to an activating group) is 1. The van der Waals surface area contributed by atoms with Crippen molar-refractivity contribution in [2.45, 2.75) is 25.4 Å². The van der Waals surface area contributed by atoms with Gasteiger partial charge in [0.2, 0.25) is 0 Å². The SMILES string of the molecule is CC(N)C(c1ccncc1)N(C)CCC#N. The molecule has 2 N–H and O–H groups in total. The molecular weight excluding hydrogens is 200 g/mol. The van der Waals surface area contributed by atoms with Gasteiger partial charge in [-0.1, -0.05) is 0 Å². The Morgan fingerprint density at radius 1 is 1.50 bits per heavy atom. The molecule has 2 atom stereocenters. The van der Waals surface area contributed by atoms with Gasteiger partial charge < -0.3 is 5.73 Å². The van der Waals surface area contributed by atoms with Crippen LogP contribution in [-0.2, 0) is 0 Å². The molecule has 1 heterocycles. The highest BCUT2D eigenvalue weighted by molar-refractivity contribution is 5.17. The minimum atomic E-state index is 0.0195. The molecule has 2 unspecified atom stereocenters. The molecule has 0 amide bonds. The van der Waals surface area contributed by atoms with Crippen molar-refractivity contribution in [1.29, 1.82) is 5.26 Å². The second-order valence-electron chi connectivity index (χ2n) is 3.97. The molecule has 0 aliphatic carbocycles. The number of nitriles is 1. The molecule has 0 spiro atoms. The Kier molecular flexibility index (Phi) is 4.90. The van der Waals surface area contributed by atoms with E-state index in [2.05, 4.69) is 16.0 Å². The second kappa shape index (κ2) is 6.21. The van der Waals surface area contributed by atoms with E-state index in [1.807, 2.05) is 26.1 Å².